The van der Waals surface area contributed by atoms with Gasteiger partial charge in [0.2, 0.25) is 0 Å². The van der Waals surface area contributed by atoms with Crippen LogP contribution in [0.4, 0.5) is 0 Å². The van der Waals surface area contributed by atoms with Crippen LogP contribution in [0.5, 0.6) is 0 Å². The summed E-state index contributed by atoms with van der Waals surface area (Å²) in [7, 11) is 0. The number of nitrogens with zero attached hydrogens (tertiary/aromatic N) is 1. The lowest BCUT2D eigenvalue weighted by Crippen LogP contribution is -2.35. The third-order valence-corrected chi connectivity index (χ3v) is 3.38. The zero-order chi connectivity index (χ0) is 14.6. The van der Waals surface area contributed by atoms with Crippen LogP contribution >= 0.6 is 0 Å². The first-order valence-electron chi connectivity index (χ1n) is 7.26. The van der Waals surface area contributed by atoms with Crippen LogP contribution in [0.1, 0.15) is 39.2 Å². The molecule has 0 aliphatic carbocycles. The SMILES string of the molecule is C#CCCCn1ccc2ccc(CNC(C)(C)C)cc21. The van der Waals surface area contributed by atoms with Crippen molar-refractivity contribution in [3.05, 3.63) is 36.0 Å². The van der Waals surface area contributed by atoms with Crippen LogP contribution in [0.15, 0.2) is 30.5 Å². The average molecular weight is 268 g/mol. The Hall–Kier alpha value is -1.72. The Balaban J connectivity index is 2.14. The van der Waals surface area contributed by atoms with E-state index in [2.05, 4.69) is 67.0 Å². The number of benzene rings is 1. The second-order valence-electron chi connectivity index (χ2n) is 6.31. The molecule has 20 heavy (non-hydrogen) atoms. The van der Waals surface area contributed by atoms with E-state index in [0.29, 0.717) is 0 Å². The molecule has 1 heterocycles. The van der Waals surface area contributed by atoms with Crippen molar-refractivity contribution in [2.45, 2.75) is 52.2 Å². The summed E-state index contributed by atoms with van der Waals surface area (Å²) in [6.45, 7) is 8.45. The third kappa shape index (κ3) is 3.88. The Morgan fingerprint density at radius 2 is 2.05 bits per heavy atom. The first-order valence-corrected chi connectivity index (χ1v) is 7.26. The zero-order valence-electron chi connectivity index (χ0n) is 12.7. The van der Waals surface area contributed by atoms with Gasteiger partial charge in [0, 0.05) is 36.8 Å². The Morgan fingerprint density at radius 3 is 2.75 bits per heavy atom. The van der Waals surface area contributed by atoms with Gasteiger partial charge in [0.05, 0.1) is 0 Å². The van der Waals surface area contributed by atoms with Gasteiger partial charge in [0.15, 0.2) is 0 Å². The van der Waals surface area contributed by atoms with Crippen LogP contribution in [0, 0.1) is 12.3 Å². The number of aromatic nitrogens is 1. The second-order valence-corrected chi connectivity index (χ2v) is 6.31. The lowest BCUT2D eigenvalue weighted by Gasteiger charge is -2.20. The second kappa shape index (κ2) is 6.15. The van der Waals surface area contributed by atoms with Gasteiger partial charge in [-0.25, -0.2) is 0 Å². The van der Waals surface area contributed by atoms with Crippen molar-refractivity contribution in [2.75, 3.05) is 0 Å². The molecule has 2 nitrogen and oxygen atoms in total. The summed E-state index contributed by atoms with van der Waals surface area (Å²) in [6, 6.07) is 8.86. The van der Waals surface area contributed by atoms with E-state index in [9.17, 15) is 0 Å². The summed E-state index contributed by atoms with van der Waals surface area (Å²) >= 11 is 0. The predicted molar refractivity (Wildman–Crippen MR) is 86.6 cm³/mol. The average Bonchev–Trinajstić information content (AvgIpc) is 2.79. The largest absolute Gasteiger partial charge is 0.347 e. The first kappa shape index (κ1) is 14.7. The molecule has 0 bridgehead atoms. The van der Waals surface area contributed by atoms with Crippen LogP contribution in [-0.2, 0) is 13.1 Å². The number of fused-ring (bicyclic) bond motifs is 1. The monoisotopic (exact) mass is 268 g/mol. The fraction of sp³-hybridized carbons (Fsp3) is 0.444. The van der Waals surface area contributed by atoms with Crippen molar-refractivity contribution < 1.29 is 0 Å². The molecule has 1 aromatic heterocycles. The highest BCUT2D eigenvalue weighted by atomic mass is 15.0. The van der Waals surface area contributed by atoms with E-state index in [4.69, 9.17) is 6.42 Å². The number of terminal acetylenes is 1. The van der Waals surface area contributed by atoms with Gasteiger partial charge in [-0.1, -0.05) is 12.1 Å². The molecule has 0 fully saturated rings. The van der Waals surface area contributed by atoms with Crippen LogP contribution in [0.25, 0.3) is 10.9 Å². The maximum atomic E-state index is 5.32. The molecule has 2 rings (SSSR count). The topological polar surface area (TPSA) is 17.0 Å². The molecule has 0 spiro atoms. The number of hydrogen-bond donors (Lipinski definition) is 1. The minimum atomic E-state index is 0.143. The van der Waals surface area contributed by atoms with E-state index in [1.54, 1.807) is 0 Å². The first-order chi connectivity index (χ1) is 9.49. The van der Waals surface area contributed by atoms with Gasteiger partial charge in [-0.05, 0) is 50.3 Å². The summed E-state index contributed by atoms with van der Waals surface area (Å²) in [6.07, 6.45) is 9.34. The minimum absolute atomic E-state index is 0.143. The van der Waals surface area contributed by atoms with Crippen LogP contribution in [0.2, 0.25) is 0 Å². The molecule has 1 aromatic carbocycles. The minimum Gasteiger partial charge on any atom is -0.347 e. The van der Waals surface area contributed by atoms with Gasteiger partial charge in [-0.15, -0.1) is 12.3 Å². The van der Waals surface area contributed by atoms with Crippen LogP contribution < -0.4 is 5.32 Å². The van der Waals surface area contributed by atoms with Crippen molar-refractivity contribution >= 4 is 10.9 Å². The van der Waals surface area contributed by atoms with Crippen molar-refractivity contribution in [1.29, 1.82) is 0 Å². The summed E-state index contributed by atoms with van der Waals surface area (Å²) in [5, 5.41) is 4.83. The quantitative estimate of drug-likeness (QED) is 0.642. The molecule has 0 amide bonds. The smallest absolute Gasteiger partial charge is 0.0483 e. The van der Waals surface area contributed by atoms with Crippen molar-refractivity contribution in [3.63, 3.8) is 0 Å². The van der Waals surface area contributed by atoms with Gasteiger partial charge in [-0.3, -0.25) is 0 Å². The molecular formula is C18H24N2. The molecule has 0 unspecified atom stereocenters. The Kier molecular flexibility index (Phi) is 4.52. The van der Waals surface area contributed by atoms with E-state index < -0.39 is 0 Å². The molecule has 0 atom stereocenters. The predicted octanol–water partition coefficient (Wildman–Crippen LogP) is 3.94. The van der Waals surface area contributed by atoms with Gasteiger partial charge in [0.1, 0.15) is 0 Å². The molecule has 106 valence electrons. The summed E-state index contributed by atoms with van der Waals surface area (Å²) in [5.41, 5.74) is 2.77. The summed E-state index contributed by atoms with van der Waals surface area (Å²) in [4.78, 5) is 0. The normalized spacial score (nSPS) is 11.7. The number of unbranched alkanes of at least 4 members (excludes halogenated alkanes) is 1. The fourth-order valence-corrected chi connectivity index (χ4v) is 2.25. The lowest BCUT2D eigenvalue weighted by molar-refractivity contribution is 0.424. The highest BCUT2D eigenvalue weighted by Gasteiger charge is 2.09. The highest BCUT2D eigenvalue weighted by Crippen LogP contribution is 2.19. The molecule has 0 aliphatic heterocycles. The Labute approximate surface area is 122 Å². The summed E-state index contributed by atoms with van der Waals surface area (Å²) in [5.74, 6) is 2.70. The van der Waals surface area contributed by atoms with E-state index in [1.165, 1.54) is 16.5 Å². The molecule has 1 N–H and O–H groups in total. The zero-order valence-corrected chi connectivity index (χ0v) is 12.7. The Bertz CT molecular complexity index is 608. The van der Waals surface area contributed by atoms with Crippen molar-refractivity contribution in [2.24, 2.45) is 0 Å². The van der Waals surface area contributed by atoms with Gasteiger partial charge < -0.3 is 9.88 Å². The molecule has 2 heteroatoms. The molecule has 2 aromatic rings. The van der Waals surface area contributed by atoms with E-state index in [0.717, 1.165) is 25.9 Å². The van der Waals surface area contributed by atoms with E-state index >= 15 is 0 Å². The van der Waals surface area contributed by atoms with E-state index in [-0.39, 0.29) is 5.54 Å². The Morgan fingerprint density at radius 1 is 1.25 bits per heavy atom. The summed E-state index contributed by atoms with van der Waals surface area (Å²) < 4.78 is 2.30. The number of nitrogens with one attached hydrogen (secondary N) is 1. The highest BCUT2D eigenvalue weighted by molar-refractivity contribution is 5.80. The molecule has 0 radical (unpaired) electrons. The van der Waals surface area contributed by atoms with Crippen LogP contribution in [0.3, 0.4) is 0 Å². The van der Waals surface area contributed by atoms with Crippen molar-refractivity contribution in [3.8, 4) is 12.3 Å². The van der Waals surface area contributed by atoms with E-state index in [1.807, 2.05) is 0 Å². The van der Waals surface area contributed by atoms with Crippen LogP contribution in [-0.4, -0.2) is 10.1 Å². The fourth-order valence-electron chi connectivity index (χ4n) is 2.25. The van der Waals surface area contributed by atoms with Gasteiger partial charge in [0.25, 0.3) is 0 Å². The molecular weight excluding hydrogens is 244 g/mol. The maximum absolute atomic E-state index is 5.32. The maximum Gasteiger partial charge on any atom is 0.0483 e. The van der Waals surface area contributed by atoms with Gasteiger partial charge >= 0.3 is 0 Å². The number of hydrogen-bond acceptors (Lipinski definition) is 1. The molecule has 0 saturated carbocycles. The van der Waals surface area contributed by atoms with Gasteiger partial charge in [-0.2, -0.15) is 0 Å². The number of rotatable bonds is 5. The number of aryl methyl sites for hydroxylation is 1. The molecule has 0 saturated heterocycles. The standard InChI is InChI=1S/C18H24N2/c1-5-6-7-11-20-12-10-16-9-8-15(13-17(16)20)14-19-18(2,3)4/h1,8-10,12-13,19H,6-7,11,14H2,2-4H3. The lowest BCUT2D eigenvalue weighted by atomic mass is 10.1. The third-order valence-electron chi connectivity index (χ3n) is 3.38. The van der Waals surface area contributed by atoms with Crippen molar-refractivity contribution in [1.82, 2.24) is 9.88 Å². The molecule has 0 aliphatic rings.